The molecule has 0 aliphatic carbocycles. The number of hydrogen-bond donors (Lipinski definition) is 2. The lowest BCUT2D eigenvalue weighted by atomic mass is 10.2. The molecule has 0 radical (unpaired) electrons. The van der Waals surface area contributed by atoms with Gasteiger partial charge >= 0.3 is 7.82 Å². The highest BCUT2D eigenvalue weighted by Crippen LogP contribution is 2.37. The van der Waals surface area contributed by atoms with Gasteiger partial charge in [-0.1, -0.05) is 20.8 Å². The Bertz CT molecular complexity index is 316. The largest absolute Gasteiger partial charge is 0.470 e. The number of hydrogen-bond acceptors (Lipinski definition) is 4. The molecule has 102 valence electrons. The third-order valence-corrected chi connectivity index (χ3v) is 7.74. The van der Waals surface area contributed by atoms with Crippen LogP contribution in [0.4, 0.5) is 0 Å². The molecule has 0 heterocycles. The zero-order valence-corrected chi connectivity index (χ0v) is 12.8. The lowest BCUT2D eigenvalue weighted by molar-refractivity contribution is -0.123. The van der Waals surface area contributed by atoms with Gasteiger partial charge in [0.15, 0.2) is 14.1 Å². The van der Waals surface area contributed by atoms with Crippen LogP contribution in [0.25, 0.3) is 0 Å². The lowest BCUT2D eigenvalue weighted by Gasteiger charge is -2.35. The molecule has 0 aromatic rings. The lowest BCUT2D eigenvalue weighted by Crippen LogP contribution is -2.42. The number of carbonyl (C=O) groups excluding carboxylic acids is 1. The van der Waals surface area contributed by atoms with Gasteiger partial charge in [0.25, 0.3) is 0 Å². The van der Waals surface area contributed by atoms with Crippen molar-refractivity contribution in [2.45, 2.75) is 38.9 Å². The first-order valence-corrected chi connectivity index (χ1v) is 9.65. The topological polar surface area (TPSA) is 93.1 Å². The summed E-state index contributed by atoms with van der Waals surface area (Å²) in [5.74, 6) is -0.474. The van der Waals surface area contributed by atoms with Crippen LogP contribution < -0.4 is 0 Å². The minimum absolute atomic E-state index is 0.0165. The smallest absolute Gasteiger partial charge is 0.409 e. The van der Waals surface area contributed by atoms with Crippen LogP contribution in [0.5, 0.6) is 0 Å². The van der Waals surface area contributed by atoms with Crippen molar-refractivity contribution in [3.63, 3.8) is 0 Å². The molecular formula is C9H21O6PSi. The Morgan fingerprint density at radius 1 is 1.24 bits per heavy atom. The van der Waals surface area contributed by atoms with Crippen molar-refractivity contribution in [2.24, 2.45) is 0 Å². The number of ketones is 1. The summed E-state index contributed by atoms with van der Waals surface area (Å²) >= 11 is 0. The predicted molar refractivity (Wildman–Crippen MR) is 66.2 cm³/mol. The van der Waals surface area contributed by atoms with Gasteiger partial charge in [0.05, 0.1) is 6.61 Å². The van der Waals surface area contributed by atoms with E-state index in [0.29, 0.717) is 0 Å². The van der Waals surface area contributed by atoms with Crippen molar-refractivity contribution in [2.75, 3.05) is 13.2 Å². The minimum Gasteiger partial charge on any atom is -0.409 e. The zero-order valence-electron chi connectivity index (χ0n) is 10.9. The van der Waals surface area contributed by atoms with Gasteiger partial charge < -0.3 is 14.2 Å². The molecule has 6 nitrogen and oxygen atoms in total. The SMILES string of the molecule is CC(C)(C)[Si](C)(C)OCC(=O)COP(=O)(O)O. The Labute approximate surface area is 103 Å². The monoisotopic (exact) mass is 284 g/mol. The first kappa shape index (κ1) is 17.0. The van der Waals surface area contributed by atoms with Gasteiger partial charge in [-0.15, -0.1) is 0 Å². The molecule has 0 atom stereocenters. The van der Waals surface area contributed by atoms with Crippen LogP contribution in [0.1, 0.15) is 20.8 Å². The molecule has 0 amide bonds. The summed E-state index contributed by atoms with van der Waals surface area (Å²) < 4.78 is 20.1. The number of carbonyl (C=O) groups is 1. The highest BCUT2D eigenvalue weighted by molar-refractivity contribution is 7.46. The Morgan fingerprint density at radius 2 is 1.71 bits per heavy atom. The summed E-state index contributed by atoms with van der Waals surface area (Å²) in [4.78, 5) is 28.1. The van der Waals surface area contributed by atoms with Crippen molar-refractivity contribution in [1.82, 2.24) is 0 Å². The van der Waals surface area contributed by atoms with E-state index in [9.17, 15) is 9.36 Å². The second kappa shape index (κ2) is 5.73. The van der Waals surface area contributed by atoms with Crippen molar-refractivity contribution < 1.29 is 28.1 Å². The maximum atomic E-state index is 11.3. The van der Waals surface area contributed by atoms with E-state index in [2.05, 4.69) is 4.52 Å². The number of phosphoric acid groups is 1. The van der Waals surface area contributed by atoms with E-state index in [1.165, 1.54) is 0 Å². The van der Waals surface area contributed by atoms with Gasteiger partial charge in [-0.25, -0.2) is 4.57 Å². The van der Waals surface area contributed by atoms with Crippen LogP contribution >= 0.6 is 7.82 Å². The quantitative estimate of drug-likeness (QED) is 0.569. The second-order valence-electron chi connectivity index (χ2n) is 5.35. The second-order valence-corrected chi connectivity index (χ2v) is 11.4. The number of phosphoric ester groups is 1. The predicted octanol–water partition coefficient (Wildman–Crippen LogP) is 1.69. The minimum atomic E-state index is -4.58. The van der Waals surface area contributed by atoms with Crippen molar-refractivity contribution in [3.8, 4) is 0 Å². The normalized spacial score (nSPS) is 13.8. The third-order valence-electron chi connectivity index (χ3n) is 2.79. The molecule has 0 unspecified atom stereocenters. The van der Waals surface area contributed by atoms with Crippen molar-refractivity contribution in [1.29, 1.82) is 0 Å². The first-order chi connectivity index (χ1) is 7.35. The van der Waals surface area contributed by atoms with Gasteiger partial charge in [-0.05, 0) is 18.1 Å². The van der Waals surface area contributed by atoms with Crippen molar-refractivity contribution in [3.05, 3.63) is 0 Å². The maximum absolute atomic E-state index is 11.3. The molecule has 0 aliphatic rings. The van der Waals surface area contributed by atoms with Crippen LogP contribution in [0.2, 0.25) is 18.1 Å². The molecule has 17 heavy (non-hydrogen) atoms. The first-order valence-electron chi connectivity index (χ1n) is 5.21. The fraction of sp³-hybridized carbons (Fsp3) is 0.889. The Balaban J connectivity index is 4.14. The van der Waals surface area contributed by atoms with E-state index in [1.54, 1.807) is 0 Å². The highest BCUT2D eigenvalue weighted by Gasteiger charge is 2.37. The van der Waals surface area contributed by atoms with E-state index >= 15 is 0 Å². The van der Waals surface area contributed by atoms with Crippen LogP contribution in [0.3, 0.4) is 0 Å². The van der Waals surface area contributed by atoms with Gasteiger partial charge in [-0.3, -0.25) is 9.32 Å². The Hall–Kier alpha value is -0.0431. The molecular weight excluding hydrogens is 263 g/mol. The Morgan fingerprint density at radius 3 is 2.06 bits per heavy atom. The van der Waals surface area contributed by atoms with Crippen LogP contribution in [0, 0.1) is 0 Å². The van der Waals surface area contributed by atoms with Gasteiger partial charge in [0.2, 0.25) is 0 Å². The maximum Gasteiger partial charge on any atom is 0.470 e. The highest BCUT2D eigenvalue weighted by atomic mass is 31.2. The fourth-order valence-corrected chi connectivity index (χ4v) is 1.94. The zero-order chi connectivity index (χ0) is 13.9. The molecule has 0 saturated carbocycles. The number of rotatable bonds is 6. The van der Waals surface area contributed by atoms with Gasteiger partial charge in [-0.2, -0.15) is 0 Å². The summed E-state index contributed by atoms with van der Waals surface area (Å²) in [5, 5.41) is -0.0165. The van der Waals surface area contributed by atoms with E-state index in [0.717, 1.165) is 0 Å². The molecule has 0 aromatic carbocycles. The summed E-state index contributed by atoms with van der Waals surface area (Å²) in [6, 6.07) is 0. The Kier molecular flexibility index (Phi) is 5.72. The molecule has 8 heteroatoms. The summed E-state index contributed by atoms with van der Waals surface area (Å²) in [5.41, 5.74) is 0. The average Bonchev–Trinajstić information content (AvgIpc) is 2.08. The molecule has 0 fully saturated rings. The fourth-order valence-electron chi connectivity index (χ4n) is 0.675. The molecule has 0 aromatic heterocycles. The number of Topliss-reactive ketones (excluding diaryl/α,β-unsaturated/α-hetero) is 1. The molecule has 0 spiro atoms. The third kappa shape index (κ3) is 7.08. The van der Waals surface area contributed by atoms with E-state index in [-0.39, 0.29) is 11.6 Å². The van der Waals surface area contributed by atoms with Gasteiger partial charge in [0, 0.05) is 0 Å². The molecule has 0 rings (SSSR count). The molecule has 2 N–H and O–H groups in total. The van der Waals surface area contributed by atoms with E-state index in [1.807, 2.05) is 33.9 Å². The van der Waals surface area contributed by atoms with Crippen LogP contribution in [-0.2, 0) is 18.3 Å². The summed E-state index contributed by atoms with van der Waals surface area (Å²) in [6.07, 6.45) is 0. The van der Waals surface area contributed by atoms with E-state index < -0.39 is 28.5 Å². The van der Waals surface area contributed by atoms with Crippen molar-refractivity contribution >= 4 is 21.9 Å². The summed E-state index contributed by atoms with van der Waals surface area (Å²) in [6.45, 7) is 9.30. The average molecular weight is 284 g/mol. The van der Waals surface area contributed by atoms with Crippen LogP contribution in [0.15, 0.2) is 0 Å². The van der Waals surface area contributed by atoms with E-state index in [4.69, 9.17) is 14.2 Å². The molecule has 0 aliphatic heterocycles. The standard InChI is InChI=1S/C9H21O6PSi/c1-9(2,3)17(4,5)15-7-8(10)6-14-16(11,12)13/h6-7H2,1-5H3,(H2,11,12,13). The summed E-state index contributed by atoms with van der Waals surface area (Å²) in [7, 11) is -6.59. The van der Waals surface area contributed by atoms with Crippen LogP contribution in [-0.4, -0.2) is 37.1 Å². The van der Waals surface area contributed by atoms with Gasteiger partial charge in [0.1, 0.15) is 6.61 Å². The molecule has 0 saturated heterocycles. The molecule has 0 bridgehead atoms.